The molecule has 1 N–H and O–H groups in total. The van der Waals surface area contributed by atoms with Gasteiger partial charge in [0.15, 0.2) is 0 Å². The molecule has 66 valence electrons. The van der Waals surface area contributed by atoms with Crippen LogP contribution in [0.1, 0.15) is 0 Å². The monoisotopic (exact) mass is 230 g/mol. The van der Waals surface area contributed by atoms with E-state index in [1.165, 1.54) is 6.33 Å². The second-order valence-corrected chi connectivity index (χ2v) is 3.72. The van der Waals surface area contributed by atoms with Gasteiger partial charge in [0.1, 0.15) is 4.64 Å². The molecule has 0 unspecified atom stereocenters. The summed E-state index contributed by atoms with van der Waals surface area (Å²) in [6.45, 7) is 0. The van der Waals surface area contributed by atoms with Crippen molar-refractivity contribution in [2.75, 3.05) is 0 Å². The van der Waals surface area contributed by atoms with Gasteiger partial charge < -0.3 is 4.98 Å². The molecule has 5 heteroatoms. The highest BCUT2D eigenvalue weighted by Crippen LogP contribution is 2.26. The van der Waals surface area contributed by atoms with E-state index in [2.05, 4.69) is 9.97 Å². The van der Waals surface area contributed by atoms with Gasteiger partial charge in [-0.15, -0.1) is 0 Å². The molecule has 0 aliphatic carbocycles. The second kappa shape index (κ2) is 3.25. The van der Waals surface area contributed by atoms with Crippen LogP contribution >= 0.6 is 35.4 Å². The third-order valence-corrected chi connectivity index (χ3v) is 2.74. The van der Waals surface area contributed by atoms with Gasteiger partial charge in [0.05, 0.1) is 21.9 Å². The zero-order valence-corrected chi connectivity index (χ0v) is 8.67. The maximum absolute atomic E-state index is 5.84. The molecule has 0 atom stereocenters. The summed E-state index contributed by atoms with van der Waals surface area (Å²) < 4.78 is 0.521. The topological polar surface area (TPSA) is 28.7 Å². The van der Waals surface area contributed by atoms with Crippen LogP contribution in [0.15, 0.2) is 18.5 Å². The molecule has 0 bridgehead atoms. The van der Waals surface area contributed by atoms with Crippen LogP contribution in [-0.4, -0.2) is 9.97 Å². The first-order valence-corrected chi connectivity index (χ1v) is 4.67. The predicted molar refractivity (Wildman–Crippen MR) is 56.9 cm³/mol. The van der Waals surface area contributed by atoms with Gasteiger partial charge >= 0.3 is 0 Å². The van der Waals surface area contributed by atoms with E-state index in [-0.39, 0.29) is 0 Å². The fraction of sp³-hybridized carbons (Fsp3) is 0. The number of hydrogen-bond acceptors (Lipinski definition) is 2. The Bertz CT molecular complexity index is 521. The molecule has 0 aliphatic heterocycles. The summed E-state index contributed by atoms with van der Waals surface area (Å²) in [6, 6.07) is 3.45. The molecule has 1 aromatic heterocycles. The Morgan fingerprint density at radius 2 is 1.92 bits per heavy atom. The van der Waals surface area contributed by atoms with Crippen molar-refractivity contribution < 1.29 is 0 Å². The van der Waals surface area contributed by atoms with Crippen LogP contribution < -0.4 is 0 Å². The number of rotatable bonds is 0. The van der Waals surface area contributed by atoms with Gasteiger partial charge in [-0.3, -0.25) is 0 Å². The van der Waals surface area contributed by atoms with Crippen molar-refractivity contribution in [3.8, 4) is 0 Å². The number of nitrogens with zero attached hydrogens (tertiary/aromatic N) is 1. The number of H-pyrrole nitrogens is 1. The molecule has 0 amide bonds. The van der Waals surface area contributed by atoms with Gasteiger partial charge in [-0.2, -0.15) is 0 Å². The van der Waals surface area contributed by atoms with Crippen molar-refractivity contribution >= 4 is 46.3 Å². The first kappa shape index (κ1) is 8.94. The van der Waals surface area contributed by atoms with Crippen LogP contribution in [0.3, 0.4) is 0 Å². The Balaban J connectivity index is 2.97. The van der Waals surface area contributed by atoms with Gasteiger partial charge in [-0.05, 0) is 12.1 Å². The Hall–Kier alpha value is -0.640. The van der Waals surface area contributed by atoms with Crippen LogP contribution in [-0.2, 0) is 0 Å². The average Bonchev–Trinajstić information content (AvgIpc) is 2.09. The van der Waals surface area contributed by atoms with Gasteiger partial charge in [-0.25, -0.2) is 4.98 Å². The summed E-state index contributed by atoms with van der Waals surface area (Å²) in [6.07, 6.45) is 1.54. The van der Waals surface area contributed by atoms with Crippen molar-refractivity contribution in [2.45, 2.75) is 0 Å². The van der Waals surface area contributed by atoms with E-state index in [4.69, 9.17) is 35.4 Å². The third kappa shape index (κ3) is 1.55. The van der Waals surface area contributed by atoms with Gasteiger partial charge in [0.25, 0.3) is 0 Å². The number of hydrogen-bond donors (Lipinski definition) is 1. The summed E-state index contributed by atoms with van der Waals surface area (Å²) in [5.74, 6) is 0. The minimum Gasteiger partial charge on any atom is -0.346 e. The summed E-state index contributed by atoms with van der Waals surface area (Å²) in [5.41, 5.74) is 0.842. The highest BCUT2D eigenvalue weighted by atomic mass is 35.5. The average molecular weight is 231 g/mol. The molecule has 2 rings (SSSR count). The largest absolute Gasteiger partial charge is 0.346 e. The lowest BCUT2D eigenvalue weighted by Crippen LogP contribution is -1.83. The van der Waals surface area contributed by atoms with E-state index >= 15 is 0 Å². The fourth-order valence-electron chi connectivity index (χ4n) is 1.07. The van der Waals surface area contributed by atoms with Crippen molar-refractivity contribution in [3.05, 3.63) is 33.1 Å². The molecule has 13 heavy (non-hydrogen) atoms. The molecule has 0 saturated heterocycles. The molecule has 0 spiro atoms. The van der Waals surface area contributed by atoms with E-state index in [1.807, 2.05) is 0 Å². The minimum absolute atomic E-state index is 0.488. The molecular formula is C8H4Cl2N2S. The van der Waals surface area contributed by atoms with Gasteiger partial charge in [0.2, 0.25) is 0 Å². The number of nitrogens with one attached hydrogen (secondary N) is 1. The zero-order valence-electron chi connectivity index (χ0n) is 6.34. The van der Waals surface area contributed by atoms with Crippen molar-refractivity contribution in [3.63, 3.8) is 0 Å². The second-order valence-electron chi connectivity index (χ2n) is 2.52. The van der Waals surface area contributed by atoms with Gasteiger partial charge in [-0.1, -0.05) is 35.4 Å². The van der Waals surface area contributed by atoms with Crippen LogP contribution in [0, 0.1) is 4.64 Å². The Labute approximate surface area is 89.5 Å². The molecule has 0 radical (unpaired) electrons. The van der Waals surface area contributed by atoms with Crippen molar-refractivity contribution in [1.82, 2.24) is 9.97 Å². The first-order chi connectivity index (χ1) is 6.18. The third-order valence-electron chi connectivity index (χ3n) is 1.69. The lowest BCUT2D eigenvalue weighted by molar-refractivity contribution is 1.21. The standard InChI is InChI=1S/C8H4Cl2N2S/c9-5-1-4-7(2-6(5)10)11-3-12-8(4)13/h1-3H,(H,11,12,13). The highest BCUT2D eigenvalue weighted by Gasteiger charge is 2.01. The molecule has 0 saturated carbocycles. The zero-order chi connectivity index (χ0) is 9.42. The van der Waals surface area contributed by atoms with E-state index in [0.717, 1.165) is 10.9 Å². The molecule has 0 aliphatic rings. The minimum atomic E-state index is 0.488. The lowest BCUT2D eigenvalue weighted by atomic mass is 10.2. The molecule has 2 nitrogen and oxygen atoms in total. The fourth-order valence-corrected chi connectivity index (χ4v) is 1.62. The number of aromatic nitrogens is 2. The predicted octanol–water partition coefficient (Wildman–Crippen LogP) is 3.60. The summed E-state index contributed by atoms with van der Waals surface area (Å²) in [4.78, 5) is 6.87. The van der Waals surface area contributed by atoms with E-state index in [1.54, 1.807) is 12.1 Å². The Kier molecular flexibility index (Phi) is 2.24. The Morgan fingerprint density at radius 1 is 1.23 bits per heavy atom. The SMILES string of the molecule is S=c1nc[nH]c2cc(Cl)c(Cl)cc12. The number of halogens is 2. The lowest BCUT2D eigenvalue weighted by Gasteiger charge is -1.99. The summed E-state index contributed by atoms with van der Waals surface area (Å²) >= 11 is 16.7. The van der Waals surface area contributed by atoms with Crippen molar-refractivity contribution in [1.29, 1.82) is 0 Å². The maximum atomic E-state index is 5.84. The normalized spacial score (nSPS) is 10.6. The molecule has 1 aromatic carbocycles. The summed E-state index contributed by atoms with van der Waals surface area (Å²) in [5, 5.41) is 1.81. The molecule has 2 aromatic rings. The van der Waals surface area contributed by atoms with Gasteiger partial charge in [0, 0.05) is 5.39 Å². The molecule has 0 fully saturated rings. The highest BCUT2D eigenvalue weighted by molar-refractivity contribution is 7.71. The molecule has 1 heterocycles. The smallest absolute Gasteiger partial charge is 0.137 e. The quantitative estimate of drug-likeness (QED) is 0.701. The molecular weight excluding hydrogens is 227 g/mol. The summed E-state index contributed by atoms with van der Waals surface area (Å²) in [7, 11) is 0. The van der Waals surface area contributed by atoms with Crippen LogP contribution in [0.2, 0.25) is 10.0 Å². The van der Waals surface area contributed by atoms with Crippen LogP contribution in [0.4, 0.5) is 0 Å². The van der Waals surface area contributed by atoms with Crippen LogP contribution in [0.5, 0.6) is 0 Å². The maximum Gasteiger partial charge on any atom is 0.137 e. The number of aromatic amines is 1. The van der Waals surface area contributed by atoms with E-state index in [9.17, 15) is 0 Å². The van der Waals surface area contributed by atoms with E-state index < -0.39 is 0 Å². The number of fused-ring (bicyclic) bond motifs is 1. The number of benzene rings is 1. The van der Waals surface area contributed by atoms with Crippen molar-refractivity contribution in [2.24, 2.45) is 0 Å². The van der Waals surface area contributed by atoms with Crippen LogP contribution in [0.25, 0.3) is 10.9 Å². The van der Waals surface area contributed by atoms with E-state index in [0.29, 0.717) is 14.7 Å². The Morgan fingerprint density at radius 3 is 2.69 bits per heavy atom. The first-order valence-electron chi connectivity index (χ1n) is 3.51.